The molecule has 0 amide bonds. The standard InChI is InChI=1S/C21H16Cl2FN3O2S/c1-26(19-9-10-20(22)25-21(19)23)12-14-13-27(18-8-3-2-7-17(14)18)30(28,29)16-6-4-5-15(24)11-16/h2-11,13H,12H2,1H3. The Labute approximate surface area is 183 Å². The first kappa shape index (κ1) is 20.7. The molecule has 0 aliphatic carbocycles. The van der Waals surface area contributed by atoms with Crippen LogP contribution in [0.15, 0.2) is 71.8 Å². The number of anilines is 1. The summed E-state index contributed by atoms with van der Waals surface area (Å²) in [5, 5.41) is 1.30. The second kappa shape index (κ2) is 7.91. The molecule has 0 N–H and O–H groups in total. The Hall–Kier alpha value is -2.61. The monoisotopic (exact) mass is 463 g/mol. The lowest BCUT2D eigenvalue weighted by molar-refractivity contribution is 0.584. The van der Waals surface area contributed by atoms with Crippen molar-refractivity contribution in [1.29, 1.82) is 0 Å². The Balaban J connectivity index is 1.80. The van der Waals surface area contributed by atoms with Crippen LogP contribution in [-0.4, -0.2) is 24.4 Å². The van der Waals surface area contributed by atoms with Gasteiger partial charge in [-0.2, -0.15) is 0 Å². The summed E-state index contributed by atoms with van der Waals surface area (Å²) in [6.07, 6.45) is 1.55. The molecule has 0 spiro atoms. The zero-order chi connectivity index (χ0) is 21.5. The van der Waals surface area contributed by atoms with E-state index in [1.807, 2.05) is 24.1 Å². The van der Waals surface area contributed by atoms with Crippen molar-refractivity contribution in [3.63, 3.8) is 0 Å². The van der Waals surface area contributed by atoms with Gasteiger partial charge in [-0.05, 0) is 42.0 Å². The van der Waals surface area contributed by atoms with Crippen LogP contribution in [0.5, 0.6) is 0 Å². The van der Waals surface area contributed by atoms with Crippen molar-refractivity contribution in [3.8, 4) is 0 Å². The Morgan fingerprint density at radius 2 is 1.83 bits per heavy atom. The zero-order valence-electron chi connectivity index (χ0n) is 15.8. The fourth-order valence-corrected chi connectivity index (χ4v) is 5.23. The summed E-state index contributed by atoms with van der Waals surface area (Å²) >= 11 is 12.1. The van der Waals surface area contributed by atoms with E-state index in [0.717, 1.165) is 17.0 Å². The molecule has 154 valence electrons. The molecule has 30 heavy (non-hydrogen) atoms. The van der Waals surface area contributed by atoms with Crippen LogP contribution < -0.4 is 4.90 Å². The number of hydrogen-bond acceptors (Lipinski definition) is 4. The van der Waals surface area contributed by atoms with Gasteiger partial charge in [0.05, 0.1) is 16.1 Å². The molecule has 2 aromatic carbocycles. The number of fused-ring (bicyclic) bond motifs is 1. The van der Waals surface area contributed by atoms with Crippen LogP contribution >= 0.6 is 23.2 Å². The van der Waals surface area contributed by atoms with Crippen LogP contribution in [0.25, 0.3) is 10.9 Å². The third-order valence-corrected chi connectivity index (χ3v) is 6.89. The molecule has 0 saturated heterocycles. The zero-order valence-corrected chi connectivity index (χ0v) is 18.1. The molecule has 9 heteroatoms. The third kappa shape index (κ3) is 3.76. The minimum absolute atomic E-state index is 0.117. The molecule has 0 aliphatic heterocycles. The molecule has 0 saturated carbocycles. The summed E-state index contributed by atoms with van der Waals surface area (Å²) in [5.74, 6) is -0.614. The van der Waals surface area contributed by atoms with Crippen molar-refractivity contribution in [2.24, 2.45) is 0 Å². The van der Waals surface area contributed by atoms with E-state index >= 15 is 0 Å². The van der Waals surface area contributed by atoms with Gasteiger partial charge in [-0.3, -0.25) is 0 Å². The molecule has 0 fully saturated rings. The van der Waals surface area contributed by atoms with Gasteiger partial charge in [-0.1, -0.05) is 47.5 Å². The average molecular weight is 464 g/mol. The van der Waals surface area contributed by atoms with Crippen LogP contribution in [-0.2, 0) is 16.6 Å². The van der Waals surface area contributed by atoms with Crippen LogP contribution in [0.2, 0.25) is 10.3 Å². The number of pyridine rings is 1. The van der Waals surface area contributed by atoms with Gasteiger partial charge in [-0.25, -0.2) is 21.8 Å². The quantitative estimate of drug-likeness (QED) is 0.374. The Kier molecular flexibility index (Phi) is 5.44. The van der Waals surface area contributed by atoms with Crippen molar-refractivity contribution in [1.82, 2.24) is 8.96 Å². The minimum atomic E-state index is -3.98. The highest BCUT2D eigenvalue weighted by molar-refractivity contribution is 7.90. The van der Waals surface area contributed by atoms with E-state index in [2.05, 4.69) is 4.98 Å². The summed E-state index contributed by atoms with van der Waals surface area (Å²) in [5.41, 5.74) is 1.93. The number of para-hydroxylation sites is 1. The largest absolute Gasteiger partial charge is 0.368 e. The van der Waals surface area contributed by atoms with Crippen molar-refractivity contribution in [3.05, 3.63) is 88.5 Å². The Morgan fingerprint density at radius 3 is 2.57 bits per heavy atom. The van der Waals surface area contributed by atoms with E-state index in [1.54, 1.807) is 30.5 Å². The maximum Gasteiger partial charge on any atom is 0.268 e. The predicted octanol–water partition coefficient (Wildman–Crippen LogP) is 5.36. The van der Waals surface area contributed by atoms with Gasteiger partial charge in [-0.15, -0.1) is 0 Å². The molecular formula is C21H16Cl2FN3O2S. The van der Waals surface area contributed by atoms with Crippen molar-refractivity contribution in [2.45, 2.75) is 11.4 Å². The van der Waals surface area contributed by atoms with Gasteiger partial charge in [0.1, 0.15) is 11.0 Å². The van der Waals surface area contributed by atoms with E-state index in [-0.39, 0.29) is 15.2 Å². The molecule has 0 atom stereocenters. The van der Waals surface area contributed by atoms with Gasteiger partial charge in [0, 0.05) is 25.2 Å². The number of rotatable bonds is 5. The van der Waals surface area contributed by atoms with Crippen molar-refractivity contribution in [2.75, 3.05) is 11.9 Å². The molecule has 2 heterocycles. The molecule has 0 unspecified atom stereocenters. The average Bonchev–Trinajstić information content (AvgIpc) is 3.07. The first-order valence-electron chi connectivity index (χ1n) is 8.90. The normalized spacial score (nSPS) is 11.7. The van der Waals surface area contributed by atoms with E-state index in [4.69, 9.17) is 23.2 Å². The van der Waals surface area contributed by atoms with Crippen LogP contribution in [0.3, 0.4) is 0 Å². The lowest BCUT2D eigenvalue weighted by Crippen LogP contribution is -2.17. The van der Waals surface area contributed by atoms with Gasteiger partial charge < -0.3 is 4.90 Å². The van der Waals surface area contributed by atoms with Crippen LogP contribution in [0, 0.1) is 5.82 Å². The molecule has 4 rings (SSSR count). The minimum Gasteiger partial charge on any atom is -0.368 e. The number of benzene rings is 2. The highest BCUT2D eigenvalue weighted by Crippen LogP contribution is 2.30. The first-order chi connectivity index (χ1) is 14.3. The van der Waals surface area contributed by atoms with Crippen molar-refractivity contribution >= 4 is 49.8 Å². The summed E-state index contributed by atoms with van der Waals surface area (Å²) in [6, 6.07) is 15.5. The molecule has 0 aliphatic rings. The second-order valence-corrected chi connectivity index (χ2v) is 9.29. The van der Waals surface area contributed by atoms with E-state index < -0.39 is 15.8 Å². The number of nitrogens with zero attached hydrogens (tertiary/aromatic N) is 3. The van der Waals surface area contributed by atoms with Crippen LogP contribution in [0.4, 0.5) is 10.1 Å². The number of halogens is 3. The summed E-state index contributed by atoms with van der Waals surface area (Å²) in [4.78, 5) is 5.78. The molecule has 4 aromatic rings. The molecule has 0 radical (unpaired) electrons. The number of hydrogen-bond donors (Lipinski definition) is 0. The summed E-state index contributed by atoms with van der Waals surface area (Å²) in [6.45, 7) is 0.370. The third-order valence-electron chi connectivity index (χ3n) is 4.73. The van der Waals surface area contributed by atoms with E-state index in [9.17, 15) is 12.8 Å². The Bertz CT molecular complexity index is 1360. The highest BCUT2D eigenvalue weighted by atomic mass is 35.5. The van der Waals surface area contributed by atoms with Gasteiger partial charge in [0.25, 0.3) is 10.0 Å². The van der Waals surface area contributed by atoms with Crippen LogP contribution in [0.1, 0.15) is 5.56 Å². The van der Waals surface area contributed by atoms with Gasteiger partial charge in [0.15, 0.2) is 5.15 Å². The fourth-order valence-electron chi connectivity index (χ4n) is 3.31. The molecule has 5 nitrogen and oxygen atoms in total. The maximum atomic E-state index is 13.7. The predicted molar refractivity (Wildman–Crippen MR) is 117 cm³/mol. The van der Waals surface area contributed by atoms with E-state index in [0.29, 0.717) is 17.7 Å². The maximum absolute atomic E-state index is 13.7. The second-order valence-electron chi connectivity index (χ2n) is 6.73. The molecular weight excluding hydrogens is 448 g/mol. The van der Waals surface area contributed by atoms with Gasteiger partial charge >= 0.3 is 0 Å². The topological polar surface area (TPSA) is 55.2 Å². The fraction of sp³-hybridized carbons (Fsp3) is 0.0952. The molecule has 2 aromatic heterocycles. The number of aromatic nitrogens is 2. The SMILES string of the molecule is CN(Cc1cn(S(=O)(=O)c2cccc(F)c2)c2ccccc12)c1ccc(Cl)nc1Cl. The lowest BCUT2D eigenvalue weighted by Gasteiger charge is -2.19. The lowest BCUT2D eigenvalue weighted by atomic mass is 10.1. The molecule has 0 bridgehead atoms. The highest BCUT2D eigenvalue weighted by Gasteiger charge is 2.22. The van der Waals surface area contributed by atoms with E-state index in [1.165, 1.54) is 22.2 Å². The summed E-state index contributed by atoms with van der Waals surface area (Å²) < 4.78 is 41.2. The first-order valence-corrected chi connectivity index (χ1v) is 11.1. The summed E-state index contributed by atoms with van der Waals surface area (Å²) in [7, 11) is -2.16. The smallest absolute Gasteiger partial charge is 0.268 e. The Morgan fingerprint density at radius 1 is 1.07 bits per heavy atom. The van der Waals surface area contributed by atoms with Gasteiger partial charge in [0.2, 0.25) is 0 Å². The van der Waals surface area contributed by atoms with Crippen molar-refractivity contribution < 1.29 is 12.8 Å².